The number of carbonyl (C=O) groups excluding carboxylic acids is 2. The van der Waals surface area contributed by atoms with Crippen molar-refractivity contribution in [1.29, 1.82) is 0 Å². The summed E-state index contributed by atoms with van der Waals surface area (Å²) < 4.78 is 0. The molecule has 3 aromatic rings. The molecule has 0 unspecified atom stereocenters. The molecular weight excluding hydrogens is 456 g/mol. The Morgan fingerprint density at radius 2 is 1.51 bits per heavy atom. The lowest BCUT2D eigenvalue weighted by Crippen LogP contribution is -2.49. The van der Waals surface area contributed by atoms with Crippen molar-refractivity contribution in [1.82, 2.24) is 10.2 Å². The Labute approximate surface area is 214 Å². The second kappa shape index (κ2) is 12.0. The van der Waals surface area contributed by atoms with Gasteiger partial charge < -0.3 is 10.2 Å². The number of amides is 2. The number of nitrogens with one attached hydrogen (secondary N) is 1. The average Bonchev–Trinajstić information content (AvgIpc) is 2.85. The van der Waals surface area contributed by atoms with E-state index in [1.54, 1.807) is 11.9 Å². The maximum Gasteiger partial charge on any atom is 0.242 e. The van der Waals surface area contributed by atoms with Gasteiger partial charge in [-0.2, -0.15) is 0 Å². The van der Waals surface area contributed by atoms with E-state index in [9.17, 15) is 9.59 Å². The predicted octanol–water partition coefficient (Wildman–Crippen LogP) is 5.96. The molecule has 0 fully saturated rings. The summed E-state index contributed by atoms with van der Waals surface area (Å²) in [5, 5.41) is 3.33. The van der Waals surface area contributed by atoms with E-state index in [2.05, 4.69) is 50.4 Å². The number of likely N-dealkylation sites (N-methyl/N-ethyl adjacent to an activating group) is 1. The highest BCUT2D eigenvalue weighted by Gasteiger charge is 2.30. The fraction of sp³-hybridized carbons (Fsp3) is 0.333. The number of nitrogens with zero attached hydrogens (tertiary/aromatic N) is 1. The minimum Gasteiger partial charge on any atom is -0.357 e. The zero-order valence-corrected chi connectivity index (χ0v) is 21.8. The number of rotatable bonds is 9. The van der Waals surface area contributed by atoms with Crippen LogP contribution in [0.25, 0.3) is 0 Å². The highest BCUT2D eigenvalue weighted by molar-refractivity contribution is 6.31. The summed E-state index contributed by atoms with van der Waals surface area (Å²) in [6.07, 6.45) is 1.34. The molecule has 3 aromatic carbocycles. The predicted molar refractivity (Wildman–Crippen MR) is 143 cm³/mol. The molecule has 2 amide bonds. The molecule has 5 heteroatoms. The Bertz CT molecular complexity index is 1120. The van der Waals surface area contributed by atoms with Crippen LogP contribution in [-0.4, -0.2) is 29.8 Å². The van der Waals surface area contributed by atoms with E-state index in [0.29, 0.717) is 24.3 Å². The Hall–Kier alpha value is -3.11. The summed E-state index contributed by atoms with van der Waals surface area (Å²) in [6.45, 7) is 6.82. The molecule has 184 valence electrons. The van der Waals surface area contributed by atoms with Gasteiger partial charge in [-0.1, -0.05) is 105 Å². The van der Waals surface area contributed by atoms with Crippen LogP contribution in [-0.2, 0) is 34.4 Å². The first kappa shape index (κ1) is 26.5. The molecule has 0 aliphatic carbocycles. The molecule has 0 aromatic heterocycles. The Morgan fingerprint density at radius 3 is 2.11 bits per heavy atom. The zero-order chi connectivity index (χ0) is 25.4. The molecule has 1 N–H and O–H groups in total. The molecule has 0 spiro atoms. The van der Waals surface area contributed by atoms with Crippen LogP contribution in [0.1, 0.15) is 49.4 Å². The maximum absolute atomic E-state index is 13.6. The lowest BCUT2D eigenvalue weighted by Gasteiger charge is -2.31. The van der Waals surface area contributed by atoms with Gasteiger partial charge in [-0.15, -0.1) is 0 Å². The number of hydrogen-bond acceptors (Lipinski definition) is 2. The van der Waals surface area contributed by atoms with E-state index in [1.807, 2.05) is 54.6 Å². The summed E-state index contributed by atoms with van der Waals surface area (Å²) in [4.78, 5) is 28.3. The van der Waals surface area contributed by atoms with E-state index in [4.69, 9.17) is 11.6 Å². The van der Waals surface area contributed by atoms with E-state index in [1.165, 1.54) is 5.56 Å². The van der Waals surface area contributed by atoms with Gasteiger partial charge in [0.1, 0.15) is 6.04 Å². The smallest absolute Gasteiger partial charge is 0.242 e. The lowest BCUT2D eigenvalue weighted by molar-refractivity contribution is -0.141. The Balaban J connectivity index is 1.85. The van der Waals surface area contributed by atoms with Crippen LogP contribution in [0.5, 0.6) is 0 Å². The van der Waals surface area contributed by atoms with Crippen molar-refractivity contribution in [2.45, 2.75) is 58.0 Å². The van der Waals surface area contributed by atoms with Gasteiger partial charge in [0.15, 0.2) is 0 Å². The molecule has 0 saturated carbocycles. The minimum atomic E-state index is -0.644. The molecule has 3 rings (SSSR count). The van der Waals surface area contributed by atoms with Crippen LogP contribution in [0, 0.1) is 0 Å². The summed E-state index contributed by atoms with van der Waals surface area (Å²) in [7, 11) is 1.61. The van der Waals surface area contributed by atoms with E-state index in [-0.39, 0.29) is 23.8 Å². The van der Waals surface area contributed by atoms with Gasteiger partial charge in [-0.3, -0.25) is 9.59 Å². The normalized spacial score (nSPS) is 12.1. The van der Waals surface area contributed by atoms with Crippen molar-refractivity contribution in [3.8, 4) is 0 Å². The maximum atomic E-state index is 13.6. The van der Waals surface area contributed by atoms with Crippen molar-refractivity contribution in [3.05, 3.63) is 106 Å². The highest BCUT2D eigenvalue weighted by atomic mass is 35.5. The third-order valence-electron chi connectivity index (χ3n) is 6.26. The molecule has 0 radical (unpaired) electrons. The quantitative estimate of drug-likeness (QED) is 0.402. The molecule has 0 saturated heterocycles. The Kier molecular flexibility index (Phi) is 9.11. The third kappa shape index (κ3) is 7.43. The monoisotopic (exact) mass is 490 g/mol. The van der Waals surface area contributed by atoms with Crippen molar-refractivity contribution >= 4 is 23.4 Å². The van der Waals surface area contributed by atoms with E-state index in [0.717, 1.165) is 16.7 Å². The van der Waals surface area contributed by atoms with Crippen LogP contribution in [0.15, 0.2) is 78.9 Å². The van der Waals surface area contributed by atoms with E-state index < -0.39 is 6.04 Å². The van der Waals surface area contributed by atoms with Gasteiger partial charge in [0.2, 0.25) is 11.8 Å². The van der Waals surface area contributed by atoms with Crippen LogP contribution in [0.4, 0.5) is 0 Å². The van der Waals surface area contributed by atoms with Gasteiger partial charge >= 0.3 is 0 Å². The van der Waals surface area contributed by atoms with Crippen LogP contribution < -0.4 is 5.32 Å². The summed E-state index contributed by atoms with van der Waals surface area (Å²) >= 11 is 6.44. The Morgan fingerprint density at radius 1 is 0.886 bits per heavy atom. The number of hydrogen-bond donors (Lipinski definition) is 1. The molecule has 0 aliphatic rings. The molecule has 35 heavy (non-hydrogen) atoms. The molecule has 1 atom stereocenters. The standard InChI is InChI=1S/C30H35ClN2O2/c1-30(2,3)25-17-14-22(15-18-25)16-19-28(34)33(21-24-12-8-9-13-26(24)31)27(29(35)32-4)20-23-10-6-5-7-11-23/h5-15,17-18,27H,16,19-21H2,1-4H3,(H,32,35)/t27-/m0/s1. The van der Waals surface area contributed by atoms with Crippen molar-refractivity contribution in [3.63, 3.8) is 0 Å². The number of carbonyl (C=O) groups is 2. The molecule has 0 heterocycles. The number of benzene rings is 3. The summed E-state index contributed by atoms with van der Waals surface area (Å²) in [5.74, 6) is -0.266. The van der Waals surface area contributed by atoms with Crippen molar-refractivity contribution in [2.24, 2.45) is 0 Å². The molecule has 0 aliphatic heterocycles. The van der Waals surface area contributed by atoms with Gasteiger partial charge in [0.25, 0.3) is 0 Å². The largest absolute Gasteiger partial charge is 0.357 e. The zero-order valence-electron chi connectivity index (χ0n) is 21.1. The molecular formula is C30H35ClN2O2. The first-order chi connectivity index (χ1) is 16.7. The van der Waals surface area contributed by atoms with Gasteiger partial charge in [-0.25, -0.2) is 0 Å². The van der Waals surface area contributed by atoms with Crippen LogP contribution >= 0.6 is 11.6 Å². The molecule has 0 bridgehead atoms. The van der Waals surface area contributed by atoms with Crippen LogP contribution in [0.2, 0.25) is 5.02 Å². The van der Waals surface area contributed by atoms with Gasteiger partial charge in [0, 0.05) is 31.5 Å². The fourth-order valence-corrected chi connectivity index (χ4v) is 4.29. The summed E-state index contributed by atoms with van der Waals surface area (Å²) in [6, 6.07) is 25.0. The molecule has 4 nitrogen and oxygen atoms in total. The second-order valence-corrected chi connectivity index (χ2v) is 10.3. The van der Waals surface area contributed by atoms with Gasteiger partial charge in [-0.05, 0) is 40.2 Å². The van der Waals surface area contributed by atoms with Gasteiger partial charge in [0.05, 0.1) is 0 Å². The number of aryl methyl sites for hydroxylation is 1. The second-order valence-electron chi connectivity index (χ2n) is 9.88. The number of halogens is 1. The van der Waals surface area contributed by atoms with Crippen LogP contribution in [0.3, 0.4) is 0 Å². The third-order valence-corrected chi connectivity index (χ3v) is 6.63. The van der Waals surface area contributed by atoms with E-state index >= 15 is 0 Å². The first-order valence-electron chi connectivity index (χ1n) is 12.1. The average molecular weight is 491 g/mol. The van der Waals surface area contributed by atoms with Crippen molar-refractivity contribution < 1.29 is 9.59 Å². The highest BCUT2D eigenvalue weighted by Crippen LogP contribution is 2.24. The summed E-state index contributed by atoms with van der Waals surface area (Å²) in [5.41, 5.74) is 4.26. The fourth-order valence-electron chi connectivity index (χ4n) is 4.10. The first-order valence-corrected chi connectivity index (χ1v) is 12.4. The lowest BCUT2D eigenvalue weighted by atomic mass is 9.86. The topological polar surface area (TPSA) is 49.4 Å². The minimum absolute atomic E-state index is 0.0747. The SMILES string of the molecule is CNC(=O)[C@H](Cc1ccccc1)N(Cc1ccccc1Cl)C(=O)CCc1ccc(C(C)(C)C)cc1. The van der Waals surface area contributed by atoms with Crippen molar-refractivity contribution in [2.75, 3.05) is 7.05 Å².